The third-order valence-electron chi connectivity index (χ3n) is 4.94. The summed E-state index contributed by atoms with van der Waals surface area (Å²) in [7, 11) is 0. The third-order valence-corrected chi connectivity index (χ3v) is 5.27. The van der Waals surface area contributed by atoms with Crippen molar-refractivity contribution in [3.8, 4) is 0 Å². The first kappa shape index (κ1) is 22.7. The Kier molecular flexibility index (Phi) is 8.00. The number of piperazine rings is 1. The highest BCUT2D eigenvalue weighted by Gasteiger charge is 2.21. The number of amides is 3. The number of hydrazine groups is 1. The molecule has 3 amide bonds. The van der Waals surface area contributed by atoms with E-state index in [1.807, 2.05) is 28.9 Å². The molecular formula is C22H26ClN5O3. The van der Waals surface area contributed by atoms with Crippen LogP contribution in [0.3, 0.4) is 0 Å². The summed E-state index contributed by atoms with van der Waals surface area (Å²) < 4.78 is 0. The van der Waals surface area contributed by atoms with Crippen molar-refractivity contribution < 1.29 is 14.4 Å². The van der Waals surface area contributed by atoms with Crippen LogP contribution in [-0.4, -0.2) is 66.8 Å². The molecule has 1 fully saturated rings. The van der Waals surface area contributed by atoms with Crippen molar-refractivity contribution in [3.63, 3.8) is 0 Å². The molecule has 0 atom stereocenters. The second-order valence-corrected chi connectivity index (χ2v) is 7.86. The van der Waals surface area contributed by atoms with Crippen molar-refractivity contribution >= 4 is 35.0 Å². The number of aryl methyl sites for hydroxylation is 1. The van der Waals surface area contributed by atoms with Crippen LogP contribution < -0.4 is 16.2 Å². The fraction of sp³-hybridized carbons (Fsp3) is 0.318. The lowest BCUT2D eigenvalue weighted by molar-refractivity contribution is -0.124. The summed E-state index contributed by atoms with van der Waals surface area (Å²) >= 11 is 6.07. The first-order valence-electron chi connectivity index (χ1n) is 10.1. The van der Waals surface area contributed by atoms with Gasteiger partial charge in [-0.1, -0.05) is 41.4 Å². The van der Waals surface area contributed by atoms with Crippen LogP contribution in [0.2, 0.25) is 5.02 Å². The molecule has 1 aliphatic rings. The SMILES string of the molecule is Cc1cccc(C(=O)NNC(=O)CN2CCN(CC(=O)Nc3ccccc3Cl)CC2)c1. The first-order valence-corrected chi connectivity index (χ1v) is 10.4. The molecule has 0 radical (unpaired) electrons. The molecule has 0 unspecified atom stereocenters. The highest BCUT2D eigenvalue weighted by Crippen LogP contribution is 2.20. The van der Waals surface area contributed by atoms with Crippen LogP contribution in [0.4, 0.5) is 5.69 Å². The van der Waals surface area contributed by atoms with E-state index in [1.54, 1.807) is 36.4 Å². The quantitative estimate of drug-likeness (QED) is 0.590. The van der Waals surface area contributed by atoms with E-state index in [2.05, 4.69) is 16.2 Å². The Bertz CT molecular complexity index is 944. The topological polar surface area (TPSA) is 93.8 Å². The van der Waals surface area contributed by atoms with E-state index in [1.165, 1.54) is 0 Å². The van der Waals surface area contributed by atoms with Gasteiger partial charge in [0.25, 0.3) is 11.8 Å². The highest BCUT2D eigenvalue weighted by molar-refractivity contribution is 6.33. The van der Waals surface area contributed by atoms with Gasteiger partial charge in [-0.2, -0.15) is 0 Å². The summed E-state index contributed by atoms with van der Waals surface area (Å²) in [6.45, 7) is 4.97. The monoisotopic (exact) mass is 443 g/mol. The third kappa shape index (κ3) is 7.06. The first-order chi connectivity index (χ1) is 14.9. The molecule has 1 saturated heterocycles. The van der Waals surface area contributed by atoms with Crippen LogP contribution in [-0.2, 0) is 9.59 Å². The van der Waals surface area contributed by atoms with Gasteiger partial charge in [0.05, 0.1) is 23.8 Å². The van der Waals surface area contributed by atoms with Gasteiger partial charge < -0.3 is 5.32 Å². The number of hydrogen-bond donors (Lipinski definition) is 3. The molecular weight excluding hydrogens is 418 g/mol. The summed E-state index contributed by atoms with van der Waals surface area (Å²) in [5.74, 6) is -0.768. The number of carbonyl (C=O) groups is 3. The van der Waals surface area contributed by atoms with Gasteiger partial charge in [-0.05, 0) is 31.2 Å². The molecule has 9 heteroatoms. The fourth-order valence-electron chi connectivity index (χ4n) is 3.29. The Morgan fingerprint density at radius 1 is 0.871 bits per heavy atom. The zero-order chi connectivity index (χ0) is 22.2. The van der Waals surface area contributed by atoms with Crippen LogP contribution in [0.25, 0.3) is 0 Å². The van der Waals surface area contributed by atoms with Gasteiger partial charge in [-0.15, -0.1) is 0 Å². The Hall–Kier alpha value is -2.94. The lowest BCUT2D eigenvalue weighted by atomic mass is 10.1. The maximum absolute atomic E-state index is 12.2. The number of nitrogens with one attached hydrogen (secondary N) is 3. The summed E-state index contributed by atoms with van der Waals surface area (Å²) in [6, 6.07) is 14.2. The van der Waals surface area contributed by atoms with Gasteiger partial charge in [-0.3, -0.25) is 35.0 Å². The van der Waals surface area contributed by atoms with Crippen molar-refractivity contribution in [3.05, 3.63) is 64.7 Å². The molecule has 3 N–H and O–H groups in total. The summed E-state index contributed by atoms with van der Waals surface area (Å²) in [6.07, 6.45) is 0. The van der Waals surface area contributed by atoms with Crippen molar-refractivity contribution in [2.75, 3.05) is 44.6 Å². The van der Waals surface area contributed by atoms with Gasteiger partial charge >= 0.3 is 0 Å². The number of anilines is 1. The van der Waals surface area contributed by atoms with E-state index in [-0.39, 0.29) is 30.8 Å². The molecule has 0 aromatic heterocycles. The second kappa shape index (κ2) is 10.9. The summed E-state index contributed by atoms with van der Waals surface area (Å²) in [5.41, 5.74) is 6.95. The minimum atomic E-state index is -0.355. The number of rotatable bonds is 6. The summed E-state index contributed by atoms with van der Waals surface area (Å²) in [5, 5.41) is 3.32. The summed E-state index contributed by atoms with van der Waals surface area (Å²) in [4.78, 5) is 40.5. The van der Waals surface area contributed by atoms with Gasteiger partial charge in [0.2, 0.25) is 5.91 Å². The number of halogens is 1. The van der Waals surface area contributed by atoms with E-state index < -0.39 is 0 Å². The van der Waals surface area contributed by atoms with Gasteiger partial charge in [0, 0.05) is 31.7 Å². The van der Waals surface area contributed by atoms with Crippen LogP contribution in [0.15, 0.2) is 48.5 Å². The number of nitrogens with zero attached hydrogens (tertiary/aromatic N) is 2. The lowest BCUT2D eigenvalue weighted by Crippen LogP contribution is -2.52. The standard InChI is InChI=1S/C22H26ClN5O3/c1-16-5-4-6-17(13-16)22(31)26-25-21(30)15-28-11-9-27(10-12-28)14-20(29)24-19-8-3-2-7-18(19)23/h2-8,13H,9-12,14-15H2,1H3,(H,24,29)(H,25,30)(H,26,31). The number of para-hydroxylation sites is 1. The Morgan fingerprint density at radius 3 is 2.16 bits per heavy atom. The number of carbonyl (C=O) groups excluding carboxylic acids is 3. The molecule has 8 nitrogen and oxygen atoms in total. The Labute approximate surface area is 186 Å². The minimum Gasteiger partial charge on any atom is -0.324 e. The van der Waals surface area contributed by atoms with Crippen molar-refractivity contribution in [2.24, 2.45) is 0 Å². The van der Waals surface area contributed by atoms with Crippen molar-refractivity contribution in [2.45, 2.75) is 6.92 Å². The van der Waals surface area contributed by atoms with Crippen LogP contribution >= 0.6 is 11.6 Å². The molecule has 3 rings (SSSR count). The second-order valence-electron chi connectivity index (χ2n) is 7.45. The average Bonchev–Trinajstić information content (AvgIpc) is 2.75. The van der Waals surface area contributed by atoms with Crippen LogP contribution in [0, 0.1) is 6.92 Å². The molecule has 2 aromatic carbocycles. The lowest BCUT2D eigenvalue weighted by Gasteiger charge is -2.33. The predicted molar refractivity (Wildman–Crippen MR) is 120 cm³/mol. The Morgan fingerprint density at radius 2 is 1.52 bits per heavy atom. The molecule has 0 aliphatic carbocycles. The minimum absolute atomic E-state index is 0.127. The zero-order valence-electron chi connectivity index (χ0n) is 17.4. The largest absolute Gasteiger partial charge is 0.324 e. The number of benzene rings is 2. The van der Waals surface area contributed by atoms with Gasteiger partial charge in [0.1, 0.15) is 0 Å². The van der Waals surface area contributed by atoms with E-state index in [9.17, 15) is 14.4 Å². The molecule has 1 heterocycles. The molecule has 2 aromatic rings. The van der Waals surface area contributed by atoms with E-state index in [0.717, 1.165) is 5.56 Å². The van der Waals surface area contributed by atoms with Crippen molar-refractivity contribution in [1.29, 1.82) is 0 Å². The molecule has 1 aliphatic heterocycles. The maximum atomic E-state index is 12.2. The van der Waals surface area contributed by atoms with E-state index >= 15 is 0 Å². The molecule has 31 heavy (non-hydrogen) atoms. The smallest absolute Gasteiger partial charge is 0.269 e. The fourth-order valence-corrected chi connectivity index (χ4v) is 3.47. The van der Waals surface area contributed by atoms with E-state index in [4.69, 9.17) is 11.6 Å². The normalized spacial score (nSPS) is 14.6. The van der Waals surface area contributed by atoms with Crippen LogP contribution in [0.5, 0.6) is 0 Å². The molecule has 0 spiro atoms. The molecule has 0 bridgehead atoms. The molecule has 164 valence electrons. The van der Waals surface area contributed by atoms with Crippen molar-refractivity contribution in [1.82, 2.24) is 20.7 Å². The number of hydrogen-bond acceptors (Lipinski definition) is 5. The molecule has 0 saturated carbocycles. The van der Waals surface area contributed by atoms with Gasteiger partial charge in [-0.25, -0.2) is 0 Å². The highest BCUT2D eigenvalue weighted by atomic mass is 35.5. The van der Waals surface area contributed by atoms with Gasteiger partial charge in [0.15, 0.2) is 0 Å². The Balaban J connectivity index is 1.35. The zero-order valence-corrected chi connectivity index (χ0v) is 18.1. The van der Waals surface area contributed by atoms with E-state index in [0.29, 0.717) is 42.5 Å². The predicted octanol–water partition coefficient (Wildman–Crippen LogP) is 1.67. The maximum Gasteiger partial charge on any atom is 0.269 e. The average molecular weight is 444 g/mol. The van der Waals surface area contributed by atoms with Crippen LogP contribution in [0.1, 0.15) is 15.9 Å².